The Balaban J connectivity index is 2.07. The number of nitrogens with two attached hydrogens (primary N) is 1. The van der Waals surface area contributed by atoms with Crippen molar-refractivity contribution in [3.8, 4) is 0 Å². The molecule has 1 aromatic rings. The summed E-state index contributed by atoms with van der Waals surface area (Å²) in [4.78, 5) is 4.91. The van der Waals surface area contributed by atoms with E-state index in [1.54, 1.807) is 0 Å². The van der Waals surface area contributed by atoms with Crippen molar-refractivity contribution in [2.24, 2.45) is 5.73 Å². The molecule has 18 heavy (non-hydrogen) atoms. The van der Waals surface area contributed by atoms with Crippen molar-refractivity contribution in [3.05, 3.63) is 35.4 Å². The number of aryl methyl sites for hydroxylation is 1. The summed E-state index contributed by atoms with van der Waals surface area (Å²) >= 11 is 0. The SMILES string of the molecule is CCc1ccccc1CN1CCN(C)CC1CN. The molecule has 0 bridgehead atoms. The zero-order chi connectivity index (χ0) is 13.0. The highest BCUT2D eigenvalue weighted by Crippen LogP contribution is 2.16. The van der Waals surface area contributed by atoms with Gasteiger partial charge in [-0.15, -0.1) is 0 Å². The van der Waals surface area contributed by atoms with Crippen LogP contribution in [0.25, 0.3) is 0 Å². The standard InChI is InChI=1S/C15H25N3/c1-3-13-6-4-5-7-14(13)11-18-9-8-17(2)12-15(18)10-16/h4-7,15H,3,8-12,16H2,1-2H3. The number of nitrogens with zero attached hydrogens (tertiary/aromatic N) is 2. The van der Waals surface area contributed by atoms with Crippen LogP contribution < -0.4 is 5.73 Å². The van der Waals surface area contributed by atoms with E-state index >= 15 is 0 Å². The summed E-state index contributed by atoms with van der Waals surface area (Å²) in [6, 6.07) is 9.26. The summed E-state index contributed by atoms with van der Waals surface area (Å²) in [6.45, 7) is 7.37. The Labute approximate surface area is 111 Å². The predicted octanol–water partition coefficient (Wildman–Crippen LogP) is 1.32. The number of hydrogen-bond donors (Lipinski definition) is 1. The molecule has 1 aliphatic heterocycles. The molecule has 1 fully saturated rings. The van der Waals surface area contributed by atoms with Gasteiger partial charge >= 0.3 is 0 Å². The lowest BCUT2D eigenvalue weighted by Gasteiger charge is -2.39. The molecule has 3 nitrogen and oxygen atoms in total. The highest BCUT2D eigenvalue weighted by atomic mass is 15.3. The van der Waals surface area contributed by atoms with Crippen molar-refractivity contribution in [2.45, 2.75) is 25.9 Å². The van der Waals surface area contributed by atoms with Crippen LogP contribution in [0.15, 0.2) is 24.3 Å². The molecule has 3 heteroatoms. The van der Waals surface area contributed by atoms with E-state index in [4.69, 9.17) is 5.73 Å². The summed E-state index contributed by atoms with van der Waals surface area (Å²) in [5.41, 5.74) is 8.84. The van der Waals surface area contributed by atoms with Crippen LogP contribution in [-0.4, -0.2) is 49.1 Å². The van der Waals surface area contributed by atoms with Gasteiger partial charge < -0.3 is 10.6 Å². The lowest BCUT2D eigenvalue weighted by atomic mass is 10.0. The summed E-state index contributed by atoms with van der Waals surface area (Å²) in [6.07, 6.45) is 1.11. The van der Waals surface area contributed by atoms with Gasteiger partial charge in [0.15, 0.2) is 0 Å². The third-order valence-corrected chi connectivity index (χ3v) is 3.95. The first kappa shape index (κ1) is 13.5. The molecular weight excluding hydrogens is 222 g/mol. The van der Waals surface area contributed by atoms with Crippen molar-refractivity contribution < 1.29 is 0 Å². The van der Waals surface area contributed by atoms with Crippen LogP contribution in [0.5, 0.6) is 0 Å². The number of likely N-dealkylation sites (N-methyl/N-ethyl adjacent to an activating group) is 1. The van der Waals surface area contributed by atoms with Crippen LogP contribution in [-0.2, 0) is 13.0 Å². The lowest BCUT2D eigenvalue weighted by molar-refractivity contribution is 0.0879. The van der Waals surface area contributed by atoms with E-state index < -0.39 is 0 Å². The van der Waals surface area contributed by atoms with Gasteiger partial charge in [0.05, 0.1) is 0 Å². The minimum Gasteiger partial charge on any atom is -0.329 e. The van der Waals surface area contributed by atoms with E-state index in [0.29, 0.717) is 6.04 Å². The topological polar surface area (TPSA) is 32.5 Å². The van der Waals surface area contributed by atoms with Gasteiger partial charge in [0.25, 0.3) is 0 Å². The Hall–Kier alpha value is -0.900. The molecule has 0 aliphatic carbocycles. The lowest BCUT2D eigenvalue weighted by Crippen LogP contribution is -2.54. The molecule has 0 spiro atoms. The molecule has 0 radical (unpaired) electrons. The van der Waals surface area contributed by atoms with Gasteiger partial charge in [-0.3, -0.25) is 4.90 Å². The normalized spacial score (nSPS) is 22.3. The average Bonchev–Trinajstić information content (AvgIpc) is 2.41. The van der Waals surface area contributed by atoms with E-state index in [0.717, 1.165) is 39.1 Å². The molecule has 0 aromatic heterocycles. The van der Waals surface area contributed by atoms with Crippen molar-refractivity contribution in [1.29, 1.82) is 0 Å². The van der Waals surface area contributed by atoms with Crippen LogP contribution >= 0.6 is 0 Å². The summed E-state index contributed by atoms with van der Waals surface area (Å²) in [7, 11) is 2.18. The molecule has 1 atom stereocenters. The number of hydrogen-bond acceptors (Lipinski definition) is 3. The Morgan fingerprint density at radius 3 is 2.61 bits per heavy atom. The van der Waals surface area contributed by atoms with Crippen molar-refractivity contribution in [3.63, 3.8) is 0 Å². The Bertz CT molecular complexity index is 378. The second kappa shape index (κ2) is 6.32. The van der Waals surface area contributed by atoms with Gasteiger partial charge in [-0.05, 0) is 24.6 Å². The molecule has 0 amide bonds. The Morgan fingerprint density at radius 2 is 1.94 bits per heavy atom. The number of piperazine rings is 1. The summed E-state index contributed by atoms with van der Waals surface area (Å²) in [5, 5.41) is 0. The molecule has 1 heterocycles. The second-order valence-electron chi connectivity index (χ2n) is 5.24. The van der Waals surface area contributed by atoms with E-state index in [1.807, 2.05) is 0 Å². The first-order valence-electron chi connectivity index (χ1n) is 6.94. The van der Waals surface area contributed by atoms with Crippen molar-refractivity contribution in [1.82, 2.24) is 9.80 Å². The predicted molar refractivity (Wildman–Crippen MR) is 76.6 cm³/mol. The molecule has 0 saturated carbocycles. The second-order valence-corrected chi connectivity index (χ2v) is 5.24. The molecule has 100 valence electrons. The smallest absolute Gasteiger partial charge is 0.0349 e. The Kier molecular flexibility index (Phi) is 4.75. The molecular formula is C15H25N3. The maximum absolute atomic E-state index is 5.91. The van der Waals surface area contributed by atoms with E-state index in [1.165, 1.54) is 11.1 Å². The fourth-order valence-corrected chi connectivity index (χ4v) is 2.76. The number of rotatable bonds is 4. The largest absolute Gasteiger partial charge is 0.329 e. The van der Waals surface area contributed by atoms with E-state index in [-0.39, 0.29) is 0 Å². The van der Waals surface area contributed by atoms with Crippen LogP contribution in [0.4, 0.5) is 0 Å². The third-order valence-electron chi connectivity index (χ3n) is 3.95. The van der Waals surface area contributed by atoms with Crippen LogP contribution in [0, 0.1) is 0 Å². The fraction of sp³-hybridized carbons (Fsp3) is 0.600. The zero-order valence-electron chi connectivity index (χ0n) is 11.6. The summed E-state index contributed by atoms with van der Waals surface area (Å²) < 4.78 is 0. The molecule has 2 N–H and O–H groups in total. The quantitative estimate of drug-likeness (QED) is 0.871. The van der Waals surface area contributed by atoms with Crippen molar-refractivity contribution in [2.75, 3.05) is 33.2 Å². The van der Waals surface area contributed by atoms with E-state index in [2.05, 4.69) is 48.0 Å². The van der Waals surface area contributed by atoms with Gasteiger partial charge in [-0.1, -0.05) is 31.2 Å². The molecule has 1 unspecified atom stereocenters. The first-order chi connectivity index (χ1) is 8.74. The monoisotopic (exact) mass is 247 g/mol. The zero-order valence-corrected chi connectivity index (χ0v) is 11.6. The third kappa shape index (κ3) is 3.10. The molecule has 2 rings (SSSR count). The molecule has 1 saturated heterocycles. The maximum atomic E-state index is 5.91. The first-order valence-corrected chi connectivity index (χ1v) is 6.94. The van der Waals surface area contributed by atoms with Crippen molar-refractivity contribution >= 4 is 0 Å². The van der Waals surface area contributed by atoms with Gasteiger partial charge in [0.1, 0.15) is 0 Å². The van der Waals surface area contributed by atoms with Gasteiger partial charge in [0.2, 0.25) is 0 Å². The van der Waals surface area contributed by atoms with Crippen LogP contribution in [0.1, 0.15) is 18.1 Å². The fourth-order valence-electron chi connectivity index (χ4n) is 2.76. The van der Waals surface area contributed by atoms with Crippen LogP contribution in [0.2, 0.25) is 0 Å². The van der Waals surface area contributed by atoms with Gasteiger partial charge in [0, 0.05) is 38.8 Å². The Morgan fingerprint density at radius 1 is 1.22 bits per heavy atom. The average molecular weight is 247 g/mol. The summed E-state index contributed by atoms with van der Waals surface area (Å²) in [5.74, 6) is 0. The maximum Gasteiger partial charge on any atom is 0.0349 e. The minimum atomic E-state index is 0.494. The minimum absolute atomic E-state index is 0.494. The van der Waals surface area contributed by atoms with Gasteiger partial charge in [-0.2, -0.15) is 0 Å². The molecule has 1 aliphatic rings. The highest BCUT2D eigenvalue weighted by Gasteiger charge is 2.24. The molecule has 1 aromatic carbocycles. The van der Waals surface area contributed by atoms with Gasteiger partial charge in [-0.25, -0.2) is 0 Å². The van der Waals surface area contributed by atoms with E-state index in [9.17, 15) is 0 Å². The number of benzene rings is 1. The highest BCUT2D eigenvalue weighted by molar-refractivity contribution is 5.27. The van der Waals surface area contributed by atoms with Crippen LogP contribution in [0.3, 0.4) is 0 Å².